The summed E-state index contributed by atoms with van der Waals surface area (Å²) in [6.07, 6.45) is 3.18. The van der Waals surface area contributed by atoms with Gasteiger partial charge in [0.1, 0.15) is 5.78 Å². The molecule has 15 heavy (non-hydrogen) atoms. The third-order valence-corrected chi connectivity index (χ3v) is 3.12. The molecule has 1 heterocycles. The van der Waals surface area contributed by atoms with Crippen molar-refractivity contribution in [1.82, 2.24) is 4.57 Å². The molecular weight excluding hydrogens is 186 g/mol. The molecule has 0 aromatic carbocycles. The molecule has 0 spiro atoms. The third kappa shape index (κ3) is 2.14. The topological polar surface area (TPSA) is 22.0 Å². The summed E-state index contributed by atoms with van der Waals surface area (Å²) in [5.74, 6) is 1.80. The summed E-state index contributed by atoms with van der Waals surface area (Å²) in [5.41, 5.74) is 1.35. The summed E-state index contributed by atoms with van der Waals surface area (Å²) >= 11 is 0. The van der Waals surface area contributed by atoms with Gasteiger partial charge in [-0.05, 0) is 31.4 Å². The molecule has 1 aliphatic carbocycles. The zero-order valence-electron chi connectivity index (χ0n) is 9.73. The molecule has 0 saturated heterocycles. The number of rotatable bonds is 4. The van der Waals surface area contributed by atoms with Crippen molar-refractivity contribution in [2.75, 3.05) is 0 Å². The highest BCUT2D eigenvalue weighted by Gasteiger charge is 2.43. The molecule has 0 radical (unpaired) electrons. The molecule has 0 aliphatic heterocycles. The van der Waals surface area contributed by atoms with Gasteiger partial charge < -0.3 is 4.57 Å². The van der Waals surface area contributed by atoms with Crippen molar-refractivity contribution in [2.45, 2.75) is 39.7 Å². The SMILES string of the molecule is CC(=O)C1CC1c1cccn1CC(C)C. The van der Waals surface area contributed by atoms with E-state index in [4.69, 9.17) is 0 Å². The van der Waals surface area contributed by atoms with E-state index in [2.05, 4.69) is 36.7 Å². The van der Waals surface area contributed by atoms with Gasteiger partial charge in [0.15, 0.2) is 0 Å². The number of carbonyl (C=O) groups is 1. The van der Waals surface area contributed by atoms with E-state index >= 15 is 0 Å². The van der Waals surface area contributed by atoms with Crippen LogP contribution in [0.25, 0.3) is 0 Å². The summed E-state index contributed by atoms with van der Waals surface area (Å²) < 4.78 is 2.30. The van der Waals surface area contributed by atoms with Gasteiger partial charge in [-0.25, -0.2) is 0 Å². The van der Waals surface area contributed by atoms with Crippen LogP contribution in [-0.4, -0.2) is 10.4 Å². The Morgan fingerprint density at radius 3 is 2.87 bits per heavy atom. The molecule has 2 nitrogen and oxygen atoms in total. The Labute approximate surface area is 91.3 Å². The fourth-order valence-electron chi connectivity index (χ4n) is 2.29. The first-order valence-electron chi connectivity index (χ1n) is 5.75. The molecule has 2 atom stereocenters. The van der Waals surface area contributed by atoms with Crippen LogP contribution in [0.2, 0.25) is 0 Å². The Kier molecular flexibility index (Phi) is 2.68. The second-order valence-electron chi connectivity index (χ2n) is 5.04. The maximum atomic E-state index is 11.2. The van der Waals surface area contributed by atoms with Gasteiger partial charge in [0.2, 0.25) is 0 Å². The van der Waals surface area contributed by atoms with Crippen molar-refractivity contribution in [3.63, 3.8) is 0 Å². The molecule has 2 unspecified atom stereocenters. The third-order valence-electron chi connectivity index (χ3n) is 3.12. The Bertz CT molecular complexity index is 364. The van der Waals surface area contributed by atoms with Gasteiger partial charge in [-0.3, -0.25) is 4.79 Å². The highest BCUT2D eigenvalue weighted by Crippen LogP contribution is 2.48. The monoisotopic (exact) mass is 205 g/mol. The summed E-state index contributed by atoms with van der Waals surface area (Å²) in [7, 11) is 0. The average Bonchev–Trinajstić information content (AvgIpc) is 2.81. The van der Waals surface area contributed by atoms with Crippen LogP contribution in [0.5, 0.6) is 0 Å². The second kappa shape index (κ2) is 3.84. The maximum absolute atomic E-state index is 11.2. The van der Waals surface area contributed by atoms with Crippen LogP contribution >= 0.6 is 0 Å². The van der Waals surface area contributed by atoms with Gasteiger partial charge in [-0.15, -0.1) is 0 Å². The van der Waals surface area contributed by atoms with E-state index in [9.17, 15) is 4.79 Å². The Morgan fingerprint density at radius 1 is 1.60 bits per heavy atom. The zero-order chi connectivity index (χ0) is 11.0. The lowest BCUT2D eigenvalue weighted by Crippen LogP contribution is -2.07. The fraction of sp³-hybridized carbons (Fsp3) is 0.615. The van der Waals surface area contributed by atoms with E-state index in [1.807, 2.05) is 0 Å². The predicted molar refractivity (Wildman–Crippen MR) is 60.8 cm³/mol. The number of Topliss-reactive ketones (excluding diaryl/α,β-unsaturated/α-hetero) is 1. The largest absolute Gasteiger partial charge is 0.351 e. The molecule has 1 saturated carbocycles. The van der Waals surface area contributed by atoms with Crippen molar-refractivity contribution in [2.24, 2.45) is 11.8 Å². The molecule has 0 amide bonds. The highest BCUT2D eigenvalue weighted by atomic mass is 16.1. The van der Waals surface area contributed by atoms with Crippen molar-refractivity contribution >= 4 is 5.78 Å². The number of hydrogen-bond donors (Lipinski definition) is 0. The van der Waals surface area contributed by atoms with E-state index in [1.165, 1.54) is 5.69 Å². The van der Waals surface area contributed by atoms with Crippen LogP contribution in [0, 0.1) is 11.8 Å². The maximum Gasteiger partial charge on any atom is 0.133 e. The van der Waals surface area contributed by atoms with E-state index in [0.29, 0.717) is 23.5 Å². The minimum absolute atomic E-state index is 0.297. The molecule has 1 aliphatic rings. The normalized spacial score (nSPS) is 24.5. The van der Waals surface area contributed by atoms with Crippen molar-refractivity contribution in [1.29, 1.82) is 0 Å². The Balaban J connectivity index is 2.10. The predicted octanol–water partition coefficient (Wildman–Crippen LogP) is 2.84. The first-order valence-corrected chi connectivity index (χ1v) is 5.75. The smallest absolute Gasteiger partial charge is 0.133 e. The van der Waals surface area contributed by atoms with Crippen LogP contribution in [0.1, 0.15) is 38.8 Å². The van der Waals surface area contributed by atoms with Gasteiger partial charge >= 0.3 is 0 Å². The van der Waals surface area contributed by atoms with Crippen molar-refractivity contribution in [3.05, 3.63) is 24.0 Å². The van der Waals surface area contributed by atoms with Gasteiger partial charge in [0, 0.05) is 30.3 Å². The molecule has 0 bridgehead atoms. The van der Waals surface area contributed by atoms with Gasteiger partial charge in [-0.1, -0.05) is 13.8 Å². The van der Waals surface area contributed by atoms with Crippen LogP contribution in [0.3, 0.4) is 0 Å². The summed E-state index contributed by atoms with van der Waals surface area (Å²) in [6, 6.07) is 4.25. The summed E-state index contributed by atoms with van der Waals surface area (Å²) in [6.45, 7) is 7.21. The summed E-state index contributed by atoms with van der Waals surface area (Å²) in [4.78, 5) is 11.2. The standard InChI is InChI=1S/C13H19NO/c1-9(2)8-14-6-4-5-13(14)12-7-11(12)10(3)15/h4-6,9,11-12H,7-8H2,1-3H3. The number of hydrogen-bond acceptors (Lipinski definition) is 1. The number of aromatic nitrogens is 1. The molecular formula is C13H19NO. The second-order valence-corrected chi connectivity index (χ2v) is 5.04. The minimum atomic E-state index is 0.297. The lowest BCUT2D eigenvalue weighted by atomic mass is 10.2. The van der Waals surface area contributed by atoms with Gasteiger partial charge in [-0.2, -0.15) is 0 Å². The minimum Gasteiger partial charge on any atom is -0.351 e. The van der Waals surface area contributed by atoms with E-state index in [0.717, 1.165) is 13.0 Å². The van der Waals surface area contributed by atoms with Crippen LogP contribution in [0.15, 0.2) is 18.3 Å². The van der Waals surface area contributed by atoms with Crippen LogP contribution in [0.4, 0.5) is 0 Å². The van der Waals surface area contributed by atoms with E-state index < -0.39 is 0 Å². The quantitative estimate of drug-likeness (QED) is 0.741. The Morgan fingerprint density at radius 2 is 2.33 bits per heavy atom. The van der Waals surface area contributed by atoms with Crippen molar-refractivity contribution < 1.29 is 4.79 Å². The molecule has 82 valence electrons. The highest BCUT2D eigenvalue weighted by molar-refractivity contribution is 5.82. The fourth-order valence-corrected chi connectivity index (χ4v) is 2.29. The number of ketones is 1. The number of nitrogens with zero attached hydrogens (tertiary/aromatic N) is 1. The van der Waals surface area contributed by atoms with Crippen molar-refractivity contribution in [3.8, 4) is 0 Å². The van der Waals surface area contributed by atoms with E-state index in [-0.39, 0.29) is 0 Å². The molecule has 0 N–H and O–H groups in total. The Hall–Kier alpha value is -1.05. The zero-order valence-corrected chi connectivity index (χ0v) is 9.73. The molecule has 1 aromatic rings. The lowest BCUT2D eigenvalue weighted by Gasteiger charge is -2.11. The van der Waals surface area contributed by atoms with Gasteiger partial charge in [0.05, 0.1) is 0 Å². The molecule has 1 fully saturated rings. The molecule has 2 rings (SSSR count). The molecule has 2 heteroatoms. The lowest BCUT2D eigenvalue weighted by molar-refractivity contribution is -0.118. The van der Waals surface area contributed by atoms with E-state index in [1.54, 1.807) is 6.92 Å². The molecule has 1 aromatic heterocycles. The first kappa shape index (κ1) is 10.5. The first-order chi connectivity index (χ1) is 7.09. The van der Waals surface area contributed by atoms with Crippen LogP contribution < -0.4 is 0 Å². The summed E-state index contributed by atoms with van der Waals surface area (Å²) in [5, 5.41) is 0. The van der Waals surface area contributed by atoms with Gasteiger partial charge in [0.25, 0.3) is 0 Å². The number of carbonyl (C=O) groups excluding carboxylic acids is 1. The van der Waals surface area contributed by atoms with Crippen LogP contribution in [-0.2, 0) is 11.3 Å². The average molecular weight is 205 g/mol.